The number of hydrogen-bond donors (Lipinski definition) is 0. The van der Waals surface area contributed by atoms with E-state index in [0.717, 1.165) is 0 Å². The summed E-state index contributed by atoms with van der Waals surface area (Å²) in [5.41, 5.74) is 0. The van der Waals surface area contributed by atoms with Crippen LogP contribution >= 0.6 is 9.07 Å². The molecule has 0 saturated heterocycles. The molecular formula is C3H7Cl2LiMg. The first-order chi connectivity index (χ1) is 2.41. The summed E-state index contributed by atoms with van der Waals surface area (Å²) in [4.78, 5) is 0. The molecule has 36 valence electrons. The van der Waals surface area contributed by atoms with Gasteiger partial charge < -0.3 is 21.5 Å². The van der Waals surface area contributed by atoms with E-state index in [1.54, 1.807) is 0 Å². The van der Waals surface area contributed by atoms with E-state index in [0.29, 0.717) is 0 Å². The summed E-state index contributed by atoms with van der Waals surface area (Å²) >= 11 is -0.114. The van der Waals surface area contributed by atoms with Crippen molar-refractivity contribution in [1.29, 1.82) is 0 Å². The second-order valence-corrected chi connectivity index (χ2v) is 3.26. The Labute approximate surface area is 76.8 Å². The fourth-order valence-electron chi connectivity index (χ4n) is 0.134. The fourth-order valence-corrected chi connectivity index (χ4v) is 1.20. The molecule has 4 heteroatoms. The average Bonchev–Trinajstić information content (AvgIpc) is 1.41. The van der Waals surface area contributed by atoms with Crippen LogP contribution in [0.3, 0.4) is 0 Å². The van der Waals surface area contributed by atoms with Crippen LogP contribution in [0.5, 0.6) is 0 Å². The van der Waals surface area contributed by atoms with Gasteiger partial charge in [-0.2, -0.15) is 0 Å². The summed E-state index contributed by atoms with van der Waals surface area (Å²) in [6.45, 7) is 2.16. The second-order valence-electron chi connectivity index (χ2n) is 1.04. The van der Waals surface area contributed by atoms with Gasteiger partial charge in [-0.15, -0.1) is 4.55 Å². The molecule has 0 fully saturated rings. The van der Waals surface area contributed by atoms with Gasteiger partial charge in [0.05, 0.1) is 0 Å². The summed E-state index contributed by atoms with van der Waals surface area (Å²) in [6.07, 6.45) is 1.27. The summed E-state index contributed by atoms with van der Waals surface area (Å²) < 4.78 is 1.29. The van der Waals surface area contributed by atoms with E-state index in [-0.39, 0.29) is 50.5 Å². The van der Waals surface area contributed by atoms with Crippen LogP contribution in [0.25, 0.3) is 0 Å². The van der Waals surface area contributed by atoms with Crippen LogP contribution in [-0.2, 0) is 0 Å². The zero-order valence-corrected chi connectivity index (χ0v) is 7.80. The maximum absolute atomic E-state index is 5.44. The third kappa shape index (κ3) is 18.0. The van der Waals surface area contributed by atoms with Crippen molar-refractivity contribution in [2.45, 2.75) is 17.9 Å². The summed E-state index contributed by atoms with van der Waals surface area (Å²) in [5.74, 6) is 0. The standard InChI is InChI=1S/C3H7.2ClH.Li.Mg/c1-3-2;;;;/h1,3H2,2H3;2*1H;;/q;;;2*+1/p-2. The van der Waals surface area contributed by atoms with Gasteiger partial charge in [-0.1, -0.05) is 13.3 Å². The third-order valence-corrected chi connectivity index (χ3v) is 2.26. The molecule has 0 rings (SSSR count). The van der Waals surface area contributed by atoms with E-state index in [9.17, 15) is 0 Å². The minimum Gasteiger partial charge on any atom is -1.00 e. The first-order valence-electron chi connectivity index (χ1n) is 1.97. The predicted molar refractivity (Wildman–Crippen MR) is 26.7 cm³/mol. The predicted octanol–water partition coefficient (Wildman–Crippen LogP) is -4.32. The molecule has 0 saturated carbocycles. The van der Waals surface area contributed by atoms with Crippen molar-refractivity contribution in [3.63, 3.8) is 0 Å². The van der Waals surface area contributed by atoms with E-state index in [4.69, 9.17) is 9.07 Å². The summed E-state index contributed by atoms with van der Waals surface area (Å²) in [6, 6.07) is 0. The van der Waals surface area contributed by atoms with Gasteiger partial charge in [-0.25, -0.2) is 0 Å². The number of halogens is 2. The molecule has 0 nitrogen and oxygen atoms in total. The molecule has 0 aliphatic carbocycles. The first-order valence-corrected chi connectivity index (χ1v) is 5.11. The topological polar surface area (TPSA) is 0 Å². The van der Waals surface area contributed by atoms with Gasteiger partial charge in [0.25, 0.3) is 0 Å². The second kappa shape index (κ2) is 15.7. The minimum atomic E-state index is -0.114. The first kappa shape index (κ1) is 16.0. The Morgan fingerprint density at radius 3 is 2.00 bits per heavy atom. The minimum absolute atomic E-state index is 0. The van der Waals surface area contributed by atoms with Crippen molar-refractivity contribution < 1.29 is 31.3 Å². The summed E-state index contributed by atoms with van der Waals surface area (Å²) in [5, 5.41) is 0. The Kier molecular flexibility index (Phi) is 35.8. The molecule has 0 heterocycles. The Morgan fingerprint density at radius 1 is 1.57 bits per heavy atom. The molecule has 0 aliphatic heterocycles. The SMILES string of the molecule is CC[CH2][Mg][Cl].[Cl-].[Li+]. The van der Waals surface area contributed by atoms with Crippen LogP contribution in [0.2, 0.25) is 4.55 Å². The molecule has 0 aromatic heterocycles. The van der Waals surface area contributed by atoms with Gasteiger partial charge >= 0.3 is 38.1 Å². The molecule has 0 aliphatic rings. The van der Waals surface area contributed by atoms with Crippen LogP contribution in [0.1, 0.15) is 13.3 Å². The smallest absolute Gasteiger partial charge is 1.00 e. The van der Waals surface area contributed by atoms with Gasteiger partial charge in [-0.05, 0) is 0 Å². The van der Waals surface area contributed by atoms with Crippen molar-refractivity contribution in [2.75, 3.05) is 0 Å². The molecule has 0 atom stereocenters. The van der Waals surface area contributed by atoms with Crippen LogP contribution in [0.4, 0.5) is 0 Å². The molecule has 0 spiro atoms. The quantitative estimate of drug-likeness (QED) is 0.345. The van der Waals surface area contributed by atoms with Crippen LogP contribution in [0, 0.1) is 0 Å². The van der Waals surface area contributed by atoms with E-state index < -0.39 is 0 Å². The average molecular weight is 145 g/mol. The normalized spacial score (nSPS) is 4.86. The number of rotatable bonds is 2. The molecule has 7 heavy (non-hydrogen) atoms. The van der Waals surface area contributed by atoms with Crippen molar-refractivity contribution in [3.05, 3.63) is 0 Å². The molecular weight excluding hydrogens is 138 g/mol. The Bertz CT molecular complexity index is 20.4. The number of hydrogen-bond acceptors (Lipinski definition) is 0. The van der Waals surface area contributed by atoms with Crippen molar-refractivity contribution in [1.82, 2.24) is 0 Å². The zero-order valence-electron chi connectivity index (χ0n) is 4.88. The van der Waals surface area contributed by atoms with Gasteiger partial charge in [0.2, 0.25) is 0 Å². The zero-order chi connectivity index (χ0) is 4.12. The molecule has 0 N–H and O–H groups in total. The van der Waals surface area contributed by atoms with E-state index in [1.165, 1.54) is 11.0 Å². The molecule has 0 radical (unpaired) electrons. The van der Waals surface area contributed by atoms with Gasteiger partial charge in [0.15, 0.2) is 0 Å². The fraction of sp³-hybridized carbons (Fsp3) is 1.00. The van der Waals surface area contributed by atoms with Crippen molar-refractivity contribution in [2.24, 2.45) is 0 Å². The monoisotopic (exact) mass is 144 g/mol. The largest absolute Gasteiger partial charge is 1.00 e. The van der Waals surface area contributed by atoms with Gasteiger partial charge in [0, 0.05) is 0 Å². The molecule has 0 unspecified atom stereocenters. The van der Waals surface area contributed by atoms with Crippen LogP contribution in [0.15, 0.2) is 0 Å². The van der Waals surface area contributed by atoms with E-state index in [2.05, 4.69) is 6.92 Å². The van der Waals surface area contributed by atoms with Crippen LogP contribution < -0.4 is 31.3 Å². The Morgan fingerprint density at radius 2 is 2.00 bits per heavy atom. The molecule has 0 aromatic rings. The maximum Gasteiger partial charge on any atom is 1.00 e. The third-order valence-electron chi connectivity index (χ3n) is 0.487. The molecule has 0 aromatic carbocycles. The molecule has 0 bridgehead atoms. The van der Waals surface area contributed by atoms with Gasteiger partial charge in [-0.3, -0.25) is 0 Å². The van der Waals surface area contributed by atoms with Crippen molar-refractivity contribution in [3.8, 4) is 0 Å². The van der Waals surface area contributed by atoms with Crippen molar-refractivity contribution >= 4 is 28.3 Å². The van der Waals surface area contributed by atoms with Crippen LogP contribution in [-0.4, -0.2) is 19.3 Å². The van der Waals surface area contributed by atoms with E-state index in [1.807, 2.05) is 0 Å². The van der Waals surface area contributed by atoms with E-state index >= 15 is 0 Å². The Balaban J connectivity index is -0.0000000800. The molecule has 0 amide bonds. The maximum atomic E-state index is 5.44. The van der Waals surface area contributed by atoms with Gasteiger partial charge in [0.1, 0.15) is 0 Å². The summed E-state index contributed by atoms with van der Waals surface area (Å²) in [7, 11) is 5.44. The Hall–Kier alpha value is 1.94.